The predicted octanol–water partition coefficient (Wildman–Crippen LogP) is 3.34. The van der Waals surface area contributed by atoms with Crippen molar-refractivity contribution >= 4 is 17.5 Å². The number of carbonyl (C=O) groups is 2. The zero-order chi connectivity index (χ0) is 22.2. The molecule has 2 amide bonds. The fourth-order valence-corrected chi connectivity index (χ4v) is 4.22. The van der Waals surface area contributed by atoms with Crippen molar-refractivity contribution in [1.82, 2.24) is 10.2 Å². The van der Waals surface area contributed by atoms with Crippen molar-refractivity contribution in [1.29, 1.82) is 0 Å². The van der Waals surface area contributed by atoms with Crippen LogP contribution in [0.4, 0.5) is 23.7 Å². The first kappa shape index (κ1) is 21.2. The molecule has 164 valence electrons. The first-order valence-corrected chi connectivity index (χ1v) is 10.0. The number of hydrogen-bond donors (Lipinski definition) is 3. The molecule has 0 radical (unpaired) electrons. The van der Waals surface area contributed by atoms with E-state index in [9.17, 15) is 22.8 Å². The van der Waals surface area contributed by atoms with Gasteiger partial charge in [-0.2, -0.15) is 0 Å². The van der Waals surface area contributed by atoms with E-state index in [1.54, 1.807) is 4.90 Å². The van der Waals surface area contributed by atoms with Gasteiger partial charge in [0.15, 0.2) is 5.78 Å². The largest absolute Gasteiger partial charge is 0.392 e. The maximum Gasteiger partial charge on any atom is 0.317 e. The number of piperidine rings is 1. The fraction of sp³-hybridized carbons (Fsp3) is 0.364. The van der Waals surface area contributed by atoms with Crippen molar-refractivity contribution in [2.75, 3.05) is 18.4 Å². The lowest BCUT2D eigenvalue weighted by Crippen LogP contribution is -2.55. The van der Waals surface area contributed by atoms with E-state index in [1.807, 2.05) is 0 Å². The van der Waals surface area contributed by atoms with Crippen molar-refractivity contribution < 1.29 is 27.9 Å². The van der Waals surface area contributed by atoms with Crippen LogP contribution in [0.2, 0.25) is 0 Å². The van der Waals surface area contributed by atoms with Crippen molar-refractivity contribution in [2.24, 2.45) is 0 Å². The van der Waals surface area contributed by atoms with E-state index in [-0.39, 0.29) is 41.6 Å². The predicted molar refractivity (Wildman–Crippen MR) is 107 cm³/mol. The van der Waals surface area contributed by atoms with Gasteiger partial charge in [0, 0.05) is 48.8 Å². The number of fused-ring (bicyclic) bond motifs is 1. The van der Waals surface area contributed by atoms with Crippen LogP contribution in [0.3, 0.4) is 0 Å². The van der Waals surface area contributed by atoms with Crippen LogP contribution < -0.4 is 10.6 Å². The molecule has 6 nitrogen and oxygen atoms in total. The maximum atomic E-state index is 14.2. The highest BCUT2D eigenvalue weighted by molar-refractivity contribution is 6.04. The number of rotatable bonds is 3. The van der Waals surface area contributed by atoms with Gasteiger partial charge >= 0.3 is 6.03 Å². The van der Waals surface area contributed by atoms with E-state index in [0.29, 0.717) is 31.5 Å². The van der Waals surface area contributed by atoms with Gasteiger partial charge in [-0.1, -0.05) is 6.07 Å². The van der Waals surface area contributed by atoms with Crippen LogP contribution in [0.5, 0.6) is 0 Å². The first-order chi connectivity index (χ1) is 14.8. The van der Waals surface area contributed by atoms with Gasteiger partial charge in [0.25, 0.3) is 0 Å². The van der Waals surface area contributed by atoms with Gasteiger partial charge in [-0.25, -0.2) is 18.0 Å². The lowest BCUT2D eigenvalue weighted by molar-refractivity contribution is 0.0914. The summed E-state index contributed by atoms with van der Waals surface area (Å²) in [5, 5.41) is 15.0. The van der Waals surface area contributed by atoms with Crippen LogP contribution in [0, 0.1) is 17.5 Å². The molecule has 2 heterocycles. The highest BCUT2D eigenvalue weighted by atomic mass is 19.1. The molecule has 2 aromatic rings. The Morgan fingerprint density at radius 1 is 1.13 bits per heavy atom. The van der Waals surface area contributed by atoms with Gasteiger partial charge in [-0.15, -0.1) is 0 Å². The van der Waals surface area contributed by atoms with Crippen LogP contribution in [0.25, 0.3) is 0 Å². The molecular formula is C22H22F3N3O3. The molecule has 1 saturated heterocycles. The maximum absolute atomic E-state index is 14.2. The zero-order valence-corrected chi connectivity index (χ0v) is 16.7. The van der Waals surface area contributed by atoms with Gasteiger partial charge in [0.2, 0.25) is 0 Å². The Morgan fingerprint density at radius 2 is 1.87 bits per heavy atom. The summed E-state index contributed by atoms with van der Waals surface area (Å²) in [6, 6.07) is 5.76. The topological polar surface area (TPSA) is 81.7 Å². The SMILES string of the molecule is O=C1CC2(CCN(C(=O)NCc3ccc(F)c(CO)c3)CC2)Nc2c(F)cc(F)cc21. The Kier molecular flexibility index (Phi) is 5.62. The van der Waals surface area contributed by atoms with Crippen LogP contribution in [-0.2, 0) is 13.2 Å². The van der Waals surface area contributed by atoms with E-state index in [0.717, 1.165) is 12.1 Å². The molecule has 31 heavy (non-hydrogen) atoms. The molecule has 2 aliphatic rings. The fourth-order valence-electron chi connectivity index (χ4n) is 4.22. The normalized spacial score (nSPS) is 17.3. The number of aliphatic hydroxyl groups is 1. The van der Waals surface area contributed by atoms with E-state index in [2.05, 4.69) is 10.6 Å². The first-order valence-electron chi connectivity index (χ1n) is 10.0. The number of halogens is 3. The average molecular weight is 433 g/mol. The molecule has 1 spiro atoms. The standard InChI is InChI=1S/C22H22F3N3O3/c23-15-8-16-19(30)10-22(27-20(16)18(25)9-15)3-5-28(6-4-22)21(31)26-11-13-1-2-17(24)14(7-13)12-29/h1-2,7-9,27,29H,3-6,10-12H2,(H,26,31). The molecule has 0 unspecified atom stereocenters. The number of nitrogens with one attached hydrogen (secondary N) is 2. The van der Waals surface area contributed by atoms with E-state index in [4.69, 9.17) is 5.11 Å². The number of anilines is 1. The summed E-state index contributed by atoms with van der Waals surface area (Å²) in [6.07, 6.45) is 0.985. The third-order valence-electron chi connectivity index (χ3n) is 5.98. The summed E-state index contributed by atoms with van der Waals surface area (Å²) in [4.78, 5) is 26.6. The number of urea groups is 1. The molecule has 0 aliphatic carbocycles. The number of nitrogens with zero attached hydrogens (tertiary/aromatic N) is 1. The number of Topliss-reactive ketones (excluding diaryl/α,β-unsaturated/α-hetero) is 1. The summed E-state index contributed by atoms with van der Waals surface area (Å²) in [5.74, 6) is -2.42. The number of benzene rings is 2. The smallest absolute Gasteiger partial charge is 0.317 e. The quantitative estimate of drug-likeness (QED) is 0.694. The van der Waals surface area contributed by atoms with Crippen molar-refractivity contribution in [2.45, 2.75) is 38.0 Å². The van der Waals surface area contributed by atoms with Crippen molar-refractivity contribution in [3.63, 3.8) is 0 Å². The number of amides is 2. The van der Waals surface area contributed by atoms with Gasteiger partial charge in [0.05, 0.1) is 12.3 Å². The zero-order valence-electron chi connectivity index (χ0n) is 16.7. The van der Waals surface area contributed by atoms with Crippen LogP contribution in [0.15, 0.2) is 30.3 Å². The molecule has 9 heteroatoms. The highest BCUT2D eigenvalue weighted by Crippen LogP contribution is 2.39. The number of likely N-dealkylation sites (tertiary alicyclic amines) is 1. The molecule has 0 aromatic heterocycles. The minimum absolute atomic E-state index is 0.0184. The lowest BCUT2D eigenvalue weighted by Gasteiger charge is -2.45. The molecule has 0 atom stereocenters. The molecule has 2 aliphatic heterocycles. The summed E-state index contributed by atoms with van der Waals surface area (Å²) in [5.41, 5.74) is 0.182. The molecule has 1 fully saturated rings. The lowest BCUT2D eigenvalue weighted by atomic mass is 9.78. The molecule has 2 aromatic carbocycles. The van der Waals surface area contributed by atoms with Crippen LogP contribution in [-0.4, -0.2) is 40.4 Å². The Balaban J connectivity index is 1.37. The van der Waals surface area contributed by atoms with Gasteiger partial charge in [0.1, 0.15) is 17.5 Å². The minimum Gasteiger partial charge on any atom is -0.392 e. The van der Waals surface area contributed by atoms with Crippen molar-refractivity contribution in [3.8, 4) is 0 Å². The second-order valence-electron chi connectivity index (χ2n) is 8.05. The van der Waals surface area contributed by atoms with E-state index >= 15 is 0 Å². The Bertz CT molecular complexity index is 1040. The third-order valence-corrected chi connectivity index (χ3v) is 5.98. The van der Waals surface area contributed by atoms with Gasteiger partial charge in [-0.3, -0.25) is 4.79 Å². The summed E-state index contributed by atoms with van der Waals surface area (Å²) in [6.45, 7) is 0.462. The van der Waals surface area contributed by atoms with Crippen LogP contribution in [0.1, 0.15) is 40.7 Å². The van der Waals surface area contributed by atoms with Gasteiger partial charge in [-0.05, 0) is 36.6 Å². The van der Waals surface area contributed by atoms with E-state index in [1.165, 1.54) is 18.2 Å². The summed E-state index contributed by atoms with van der Waals surface area (Å²) < 4.78 is 41.1. The Morgan fingerprint density at radius 3 is 2.58 bits per heavy atom. The second-order valence-corrected chi connectivity index (χ2v) is 8.05. The van der Waals surface area contributed by atoms with Crippen LogP contribution >= 0.6 is 0 Å². The van der Waals surface area contributed by atoms with Gasteiger partial charge < -0.3 is 20.6 Å². The summed E-state index contributed by atoms with van der Waals surface area (Å²) >= 11 is 0. The Labute approximate surface area is 177 Å². The number of hydrogen-bond acceptors (Lipinski definition) is 4. The van der Waals surface area contributed by atoms with Crippen molar-refractivity contribution in [3.05, 3.63) is 64.5 Å². The molecule has 0 bridgehead atoms. The molecular weight excluding hydrogens is 411 g/mol. The number of carbonyl (C=O) groups excluding carboxylic acids is 2. The third kappa shape index (κ3) is 4.23. The number of ketones is 1. The monoisotopic (exact) mass is 433 g/mol. The Hall–Kier alpha value is -3.07. The minimum atomic E-state index is -0.802. The molecule has 0 saturated carbocycles. The highest BCUT2D eigenvalue weighted by Gasteiger charge is 2.42. The average Bonchev–Trinajstić information content (AvgIpc) is 2.74. The molecule has 4 rings (SSSR count). The number of aliphatic hydroxyl groups excluding tert-OH is 1. The molecule has 3 N–H and O–H groups in total. The second kappa shape index (κ2) is 8.22. The van der Waals surface area contributed by atoms with E-state index < -0.39 is 29.6 Å². The summed E-state index contributed by atoms with van der Waals surface area (Å²) in [7, 11) is 0.